The molecule has 0 aromatic heterocycles. The van der Waals surface area contributed by atoms with E-state index in [0.717, 1.165) is 24.3 Å². The van der Waals surface area contributed by atoms with Gasteiger partial charge in [-0.3, -0.25) is 0 Å². The smallest absolute Gasteiger partial charge is 0.337 e. The van der Waals surface area contributed by atoms with E-state index in [9.17, 15) is 9.90 Å². The topological polar surface area (TPSA) is 40.5 Å². The van der Waals surface area contributed by atoms with Gasteiger partial charge >= 0.3 is 5.97 Å². The standard InChI is InChI=1S/C16H21NO2/c1-12-4-5-13(15(18)19)14(10-12)17-9-8-16(11-17)6-2-3-7-16/h4-5,10H,2-3,6-9,11H2,1H3,(H,18,19). The summed E-state index contributed by atoms with van der Waals surface area (Å²) in [5.41, 5.74) is 2.96. The number of carboxylic acids is 1. The Hall–Kier alpha value is -1.51. The van der Waals surface area contributed by atoms with Crippen LogP contribution in [0.5, 0.6) is 0 Å². The van der Waals surface area contributed by atoms with Crippen molar-refractivity contribution in [2.75, 3.05) is 18.0 Å². The summed E-state index contributed by atoms with van der Waals surface area (Å²) in [6.07, 6.45) is 6.54. The monoisotopic (exact) mass is 259 g/mol. The van der Waals surface area contributed by atoms with Crippen molar-refractivity contribution in [3.63, 3.8) is 0 Å². The molecule has 19 heavy (non-hydrogen) atoms. The van der Waals surface area contributed by atoms with Crippen molar-refractivity contribution < 1.29 is 9.90 Å². The third kappa shape index (κ3) is 2.22. The second-order valence-corrected chi connectivity index (χ2v) is 6.20. The number of anilines is 1. The number of rotatable bonds is 2. The Labute approximate surface area is 114 Å². The zero-order valence-corrected chi connectivity index (χ0v) is 11.5. The van der Waals surface area contributed by atoms with Gasteiger partial charge in [0.05, 0.1) is 11.3 Å². The molecule has 1 aliphatic heterocycles. The summed E-state index contributed by atoms with van der Waals surface area (Å²) in [5.74, 6) is -0.817. The van der Waals surface area contributed by atoms with Gasteiger partial charge in [0, 0.05) is 13.1 Å². The van der Waals surface area contributed by atoms with E-state index >= 15 is 0 Å². The summed E-state index contributed by atoms with van der Waals surface area (Å²) in [4.78, 5) is 13.7. The Morgan fingerprint density at radius 1 is 1.26 bits per heavy atom. The lowest BCUT2D eigenvalue weighted by molar-refractivity contribution is 0.0697. The molecule has 1 spiro atoms. The van der Waals surface area contributed by atoms with Crippen molar-refractivity contribution >= 4 is 11.7 Å². The van der Waals surface area contributed by atoms with E-state index in [1.165, 1.54) is 32.1 Å². The van der Waals surface area contributed by atoms with Crippen LogP contribution in [-0.2, 0) is 0 Å². The SMILES string of the molecule is Cc1ccc(C(=O)O)c(N2CCC3(CCCC3)C2)c1. The molecule has 3 nitrogen and oxygen atoms in total. The number of aryl methyl sites for hydroxylation is 1. The van der Waals surface area contributed by atoms with E-state index in [-0.39, 0.29) is 0 Å². The molecule has 1 aromatic rings. The number of benzene rings is 1. The fourth-order valence-corrected chi connectivity index (χ4v) is 3.76. The molecule has 0 bridgehead atoms. The highest BCUT2D eigenvalue weighted by Gasteiger charge is 2.40. The predicted octanol–water partition coefficient (Wildman–Crippen LogP) is 3.46. The van der Waals surface area contributed by atoms with E-state index in [4.69, 9.17) is 0 Å². The van der Waals surface area contributed by atoms with E-state index in [1.54, 1.807) is 6.07 Å². The normalized spacial score (nSPS) is 21.2. The maximum atomic E-state index is 11.4. The molecule has 2 fully saturated rings. The third-order valence-corrected chi connectivity index (χ3v) is 4.83. The highest BCUT2D eigenvalue weighted by molar-refractivity contribution is 5.94. The van der Waals surface area contributed by atoms with E-state index in [0.29, 0.717) is 11.0 Å². The Morgan fingerprint density at radius 3 is 2.68 bits per heavy atom. The van der Waals surface area contributed by atoms with Crippen LogP contribution in [0, 0.1) is 12.3 Å². The summed E-state index contributed by atoms with van der Waals surface area (Å²) in [6.45, 7) is 4.07. The number of nitrogens with zero attached hydrogens (tertiary/aromatic N) is 1. The second kappa shape index (κ2) is 4.55. The van der Waals surface area contributed by atoms with Gasteiger partial charge in [0.15, 0.2) is 0 Å². The summed E-state index contributed by atoms with van der Waals surface area (Å²) < 4.78 is 0. The first-order chi connectivity index (χ1) is 9.10. The number of hydrogen-bond donors (Lipinski definition) is 1. The Kier molecular flexibility index (Phi) is 3.00. The third-order valence-electron chi connectivity index (χ3n) is 4.83. The Morgan fingerprint density at radius 2 is 2.00 bits per heavy atom. The van der Waals surface area contributed by atoms with Crippen molar-refractivity contribution in [3.05, 3.63) is 29.3 Å². The number of aromatic carboxylic acids is 1. The number of carbonyl (C=O) groups is 1. The van der Waals surface area contributed by atoms with Crippen LogP contribution in [0.3, 0.4) is 0 Å². The van der Waals surface area contributed by atoms with E-state index in [1.807, 2.05) is 19.1 Å². The van der Waals surface area contributed by atoms with Crippen molar-refractivity contribution in [2.45, 2.75) is 39.0 Å². The minimum absolute atomic E-state index is 0.445. The molecule has 0 atom stereocenters. The predicted molar refractivity (Wildman–Crippen MR) is 75.9 cm³/mol. The Bertz CT molecular complexity index is 503. The summed E-state index contributed by atoms with van der Waals surface area (Å²) in [7, 11) is 0. The highest BCUT2D eigenvalue weighted by Crippen LogP contribution is 2.46. The van der Waals surface area contributed by atoms with E-state index < -0.39 is 5.97 Å². The average Bonchev–Trinajstić information content (AvgIpc) is 3.00. The number of carboxylic acid groups (broad SMARTS) is 1. The van der Waals surface area contributed by atoms with Crippen LogP contribution in [0.25, 0.3) is 0 Å². The van der Waals surface area contributed by atoms with Crippen LogP contribution in [0.15, 0.2) is 18.2 Å². The first kappa shape index (κ1) is 12.5. The summed E-state index contributed by atoms with van der Waals surface area (Å²) >= 11 is 0. The zero-order valence-electron chi connectivity index (χ0n) is 11.5. The van der Waals surface area contributed by atoms with Crippen molar-refractivity contribution in [2.24, 2.45) is 5.41 Å². The lowest BCUT2D eigenvalue weighted by Gasteiger charge is -2.25. The molecule has 0 amide bonds. The van der Waals surface area contributed by atoms with Gasteiger partial charge in [0.1, 0.15) is 0 Å². The van der Waals surface area contributed by atoms with Crippen molar-refractivity contribution in [1.82, 2.24) is 0 Å². The minimum Gasteiger partial charge on any atom is -0.478 e. The molecule has 0 unspecified atom stereocenters. The lowest BCUT2D eigenvalue weighted by atomic mass is 9.86. The van der Waals surface area contributed by atoms with Gasteiger partial charge in [-0.1, -0.05) is 18.9 Å². The second-order valence-electron chi connectivity index (χ2n) is 6.20. The number of hydrogen-bond acceptors (Lipinski definition) is 2. The first-order valence-electron chi connectivity index (χ1n) is 7.19. The molecule has 1 heterocycles. The molecule has 0 radical (unpaired) electrons. The summed E-state index contributed by atoms with van der Waals surface area (Å²) in [5, 5.41) is 9.35. The largest absolute Gasteiger partial charge is 0.478 e. The first-order valence-corrected chi connectivity index (χ1v) is 7.19. The van der Waals surface area contributed by atoms with Crippen molar-refractivity contribution in [1.29, 1.82) is 0 Å². The highest BCUT2D eigenvalue weighted by atomic mass is 16.4. The fraction of sp³-hybridized carbons (Fsp3) is 0.562. The van der Waals surface area contributed by atoms with Gasteiger partial charge in [-0.25, -0.2) is 4.79 Å². The van der Waals surface area contributed by atoms with Gasteiger partial charge in [-0.2, -0.15) is 0 Å². The zero-order chi connectivity index (χ0) is 13.5. The van der Waals surface area contributed by atoms with Crippen LogP contribution in [0.4, 0.5) is 5.69 Å². The average molecular weight is 259 g/mol. The van der Waals surface area contributed by atoms with Crippen LogP contribution < -0.4 is 4.90 Å². The quantitative estimate of drug-likeness (QED) is 0.884. The summed E-state index contributed by atoms with van der Waals surface area (Å²) in [6, 6.07) is 5.65. The molecule has 102 valence electrons. The molecule has 3 heteroatoms. The maximum Gasteiger partial charge on any atom is 0.337 e. The maximum absolute atomic E-state index is 11.4. The van der Waals surface area contributed by atoms with Crippen LogP contribution in [0.1, 0.15) is 48.0 Å². The van der Waals surface area contributed by atoms with Crippen LogP contribution in [-0.4, -0.2) is 24.2 Å². The van der Waals surface area contributed by atoms with Gasteiger partial charge in [-0.15, -0.1) is 0 Å². The molecule has 1 aromatic carbocycles. The lowest BCUT2D eigenvalue weighted by Crippen LogP contribution is -2.26. The fourth-order valence-electron chi connectivity index (χ4n) is 3.76. The molecular weight excluding hydrogens is 238 g/mol. The van der Waals surface area contributed by atoms with Gasteiger partial charge < -0.3 is 10.0 Å². The minimum atomic E-state index is -0.817. The molecule has 1 saturated carbocycles. The van der Waals surface area contributed by atoms with Gasteiger partial charge in [0.25, 0.3) is 0 Å². The molecule has 2 aliphatic rings. The Balaban J connectivity index is 1.90. The van der Waals surface area contributed by atoms with Crippen molar-refractivity contribution in [3.8, 4) is 0 Å². The molecule has 1 aliphatic carbocycles. The molecular formula is C16H21NO2. The molecule has 1 N–H and O–H groups in total. The van der Waals surface area contributed by atoms with Gasteiger partial charge in [-0.05, 0) is 49.3 Å². The molecule has 3 rings (SSSR count). The van der Waals surface area contributed by atoms with Crippen LogP contribution in [0.2, 0.25) is 0 Å². The molecule has 1 saturated heterocycles. The van der Waals surface area contributed by atoms with E-state index in [2.05, 4.69) is 4.90 Å². The van der Waals surface area contributed by atoms with Crippen LogP contribution >= 0.6 is 0 Å². The van der Waals surface area contributed by atoms with Gasteiger partial charge in [0.2, 0.25) is 0 Å².